The minimum absolute atomic E-state index is 0.158. The van der Waals surface area contributed by atoms with Gasteiger partial charge < -0.3 is 0 Å². The Kier molecular flexibility index (Phi) is 4.09. The van der Waals surface area contributed by atoms with Crippen LogP contribution in [0, 0.1) is 0 Å². The molecule has 3 rings (SSSR count). The molecule has 3 aromatic rings. The van der Waals surface area contributed by atoms with Gasteiger partial charge in [-0.3, -0.25) is 0 Å². The number of hydrogen-bond acceptors (Lipinski definition) is 2. The van der Waals surface area contributed by atoms with Crippen molar-refractivity contribution in [3.8, 4) is 16.9 Å². The van der Waals surface area contributed by atoms with Gasteiger partial charge in [0.15, 0.2) is 0 Å². The molecule has 1 aromatic heterocycles. The molecule has 0 saturated heterocycles. The predicted molar refractivity (Wildman–Crippen MR) is 81.4 cm³/mol. The lowest BCUT2D eigenvalue weighted by Gasteiger charge is -2.06. The van der Waals surface area contributed by atoms with Crippen LogP contribution in [0.15, 0.2) is 54.6 Å². The van der Waals surface area contributed by atoms with Crippen LogP contribution in [-0.4, -0.2) is 15.0 Å². The summed E-state index contributed by atoms with van der Waals surface area (Å²) in [4.78, 5) is 1.29. The van der Waals surface area contributed by atoms with Crippen LogP contribution in [0.25, 0.3) is 16.9 Å². The highest BCUT2D eigenvalue weighted by Gasteiger charge is 2.30. The summed E-state index contributed by atoms with van der Waals surface area (Å²) in [6.07, 6.45) is -4.37. The summed E-state index contributed by atoms with van der Waals surface area (Å²) in [6.45, 7) is 0. The highest BCUT2D eigenvalue weighted by atomic mass is 35.5. The first kappa shape index (κ1) is 15.6. The molecule has 1 heterocycles. The van der Waals surface area contributed by atoms with Crippen molar-refractivity contribution in [1.82, 2.24) is 15.0 Å². The summed E-state index contributed by atoms with van der Waals surface area (Å²) in [7, 11) is 0. The number of alkyl halides is 4. The van der Waals surface area contributed by atoms with Gasteiger partial charge in [0, 0.05) is 5.56 Å². The Bertz CT molecular complexity index is 796. The largest absolute Gasteiger partial charge is 0.416 e. The van der Waals surface area contributed by atoms with Crippen molar-refractivity contribution >= 4 is 11.6 Å². The zero-order valence-electron chi connectivity index (χ0n) is 11.8. The van der Waals surface area contributed by atoms with Crippen LogP contribution in [0.2, 0.25) is 0 Å². The molecular weight excluding hydrogens is 327 g/mol. The van der Waals surface area contributed by atoms with Crippen LogP contribution in [0.1, 0.15) is 11.3 Å². The Morgan fingerprint density at radius 3 is 2.13 bits per heavy atom. The highest BCUT2D eigenvalue weighted by Crippen LogP contribution is 2.30. The van der Waals surface area contributed by atoms with Gasteiger partial charge in [0.2, 0.25) is 0 Å². The molecular formula is C16H11ClF3N3. The fourth-order valence-electron chi connectivity index (χ4n) is 2.15. The number of halogens is 4. The molecule has 0 atom stereocenters. The number of rotatable bonds is 3. The van der Waals surface area contributed by atoms with E-state index in [4.69, 9.17) is 11.6 Å². The molecule has 0 spiro atoms. The van der Waals surface area contributed by atoms with Crippen molar-refractivity contribution < 1.29 is 13.2 Å². The second kappa shape index (κ2) is 6.04. The summed E-state index contributed by atoms with van der Waals surface area (Å²) < 4.78 is 37.8. The highest BCUT2D eigenvalue weighted by molar-refractivity contribution is 6.17. The monoisotopic (exact) mass is 337 g/mol. The molecule has 0 aliphatic rings. The number of hydrogen-bond donors (Lipinski definition) is 0. The summed E-state index contributed by atoms with van der Waals surface area (Å²) in [5, 5.41) is 8.61. The molecule has 0 N–H and O–H groups in total. The van der Waals surface area contributed by atoms with E-state index in [2.05, 4.69) is 10.2 Å². The van der Waals surface area contributed by atoms with E-state index in [-0.39, 0.29) is 5.88 Å². The van der Waals surface area contributed by atoms with Crippen molar-refractivity contribution in [2.75, 3.05) is 0 Å². The van der Waals surface area contributed by atoms with Gasteiger partial charge in [0.1, 0.15) is 11.4 Å². The lowest BCUT2D eigenvalue weighted by molar-refractivity contribution is -0.137. The van der Waals surface area contributed by atoms with Gasteiger partial charge in [-0.1, -0.05) is 30.3 Å². The summed E-state index contributed by atoms with van der Waals surface area (Å²) in [6, 6.07) is 14.0. The predicted octanol–water partition coefficient (Wildman–Crippen LogP) is 4.69. The first-order valence-corrected chi connectivity index (χ1v) is 7.28. The summed E-state index contributed by atoms with van der Waals surface area (Å²) in [5.41, 5.74) is 1.75. The van der Waals surface area contributed by atoms with Gasteiger partial charge in [0.05, 0.1) is 17.1 Å². The Labute approximate surface area is 135 Å². The second-order valence-electron chi connectivity index (χ2n) is 4.83. The first-order chi connectivity index (χ1) is 11.0. The molecule has 23 heavy (non-hydrogen) atoms. The van der Waals surface area contributed by atoms with E-state index in [1.54, 1.807) is 0 Å². The maximum atomic E-state index is 12.6. The summed E-state index contributed by atoms with van der Waals surface area (Å²) in [5.74, 6) is 0.158. The maximum absolute atomic E-state index is 12.6. The normalized spacial score (nSPS) is 11.7. The lowest BCUT2D eigenvalue weighted by Crippen LogP contribution is -2.06. The van der Waals surface area contributed by atoms with Gasteiger partial charge in [-0.25, -0.2) is 0 Å². The molecule has 3 nitrogen and oxygen atoms in total. The van der Waals surface area contributed by atoms with Gasteiger partial charge in [-0.2, -0.15) is 23.1 Å². The van der Waals surface area contributed by atoms with Crippen LogP contribution in [0.3, 0.4) is 0 Å². The van der Waals surface area contributed by atoms with E-state index < -0.39 is 11.7 Å². The third-order valence-electron chi connectivity index (χ3n) is 3.28. The summed E-state index contributed by atoms with van der Waals surface area (Å²) >= 11 is 5.90. The Morgan fingerprint density at radius 1 is 0.913 bits per heavy atom. The molecule has 0 fully saturated rings. The third kappa shape index (κ3) is 3.22. The Hall–Kier alpha value is -2.34. The Balaban J connectivity index is 2.00. The van der Waals surface area contributed by atoms with Crippen LogP contribution in [0.5, 0.6) is 0 Å². The lowest BCUT2D eigenvalue weighted by atomic mass is 10.1. The topological polar surface area (TPSA) is 30.7 Å². The van der Waals surface area contributed by atoms with Gasteiger partial charge in [-0.15, -0.1) is 16.7 Å². The quantitative estimate of drug-likeness (QED) is 0.649. The van der Waals surface area contributed by atoms with Crippen molar-refractivity contribution in [2.45, 2.75) is 12.1 Å². The van der Waals surface area contributed by atoms with Crippen LogP contribution in [0.4, 0.5) is 13.2 Å². The smallest absolute Gasteiger partial charge is 0.166 e. The van der Waals surface area contributed by atoms with E-state index in [0.717, 1.165) is 17.7 Å². The van der Waals surface area contributed by atoms with E-state index in [9.17, 15) is 13.2 Å². The maximum Gasteiger partial charge on any atom is 0.416 e. The minimum Gasteiger partial charge on any atom is -0.166 e. The molecule has 0 saturated carbocycles. The molecule has 7 heteroatoms. The average molecular weight is 338 g/mol. The van der Waals surface area contributed by atoms with Gasteiger partial charge >= 0.3 is 6.18 Å². The fourth-order valence-corrected chi connectivity index (χ4v) is 2.33. The van der Waals surface area contributed by atoms with Crippen molar-refractivity contribution in [2.24, 2.45) is 0 Å². The standard InChI is InChI=1S/C16H11ClF3N3/c17-10-14-15(11-4-2-1-3-5-11)22-23(21-14)13-8-6-12(7-9-13)16(18,19)20/h1-9H,10H2. The molecule has 0 radical (unpaired) electrons. The molecule has 2 aromatic carbocycles. The Morgan fingerprint density at radius 2 is 1.57 bits per heavy atom. The molecule has 0 aliphatic heterocycles. The SMILES string of the molecule is FC(F)(F)c1ccc(-n2nc(CCl)c(-c3ccccc3)n2)cc1. The van der Waals surface area contributed by atoms with Crippen molar-refractivity contribution in [3.63, 3.8) is 0 Å². The van der Waals surface area contributed by atoms with E-state index in [1.165, 1.54) is 16.9 Å². The molecule has 0 unspecified atom stereocenters. The van der Waals surface area contributed by atoms with E-state index >= 15 is 0 Å². The number of nitrogens with zero attached hydrogens (tertiary/aromatic N) is 3. The van der Waals surface area contributed by atoms with Gasteiger partial charge in [0.25, 0.3) is 0 Å². The van der Waals surface area contributed by atoms with Crippen LogP contribution < -0.4 is 0 Å². The molecule has 0 aliphatic carbocycles. The zero-order chi connectivity index (χ0) is 16.4. The second-order valence-corrected chi connectivity index (χ2v) is 5.10. The van der Waals surface area contributed by atoms with Crippen LogP contribution >= 0.6 is 11.6 Å². The molecule has 0 bridgehead atoms. The van der Waals surface area contributed by atoms with Crippen molar-refractivity contribution in [1.29, 1.82) is 0 Å². The molecule has 118 valence electrons. The van der Waals surface area contributed by atoms with Gasteiger partial charge in [-0.05, 0) is 24.3 Å². The number of benzene rings is 2. The first-order valence-electron chi connectivity index (χ1n) is 6.74. The molecule has 0 amide bonds. The van der Waals surface area contributed by atoms with Crippen LogP contribution in [-0.2, 0) is 12.1 Å². The fraction of sp³-hybridized carbons (Fsp3) is 0.125. The third-order valence-corrected chi connectivity index (χ3v) is 3.54. The number of aromatic nitrogens is 3. The van der Waals surface area contributed by atoms with E-state index in [0.29, 0.717) is 17.1 Å². The zero-order valence-corrected chi connectivity index (χ0v) is 12.5. The van der Waals surface area contributed by atoms with Crippen molar-refractivity contribution in [3.05, 3.63) is 65.9 Å². The van der Waals surface area contributed by atoms with E-state index in [1.807, 2.05) is 30.3 Å². The average Bonchev–Trinajstić information content (AvgIpc) is 2.99. The minimum atomic E-state index is -4.37.